The Hall–Kier alpha value is -3.01. The summed E-state index contributed by atoms with van der Waals surface area (Å²) in [6.45, 7) is 0. The number of rotatable bonds is 3. The van der Waals surface area contributed by atoms with Gasteiger partial charge in [-0.25, -0.2) is 0 Å². The lowest BCUT2D eigenvalue weighted by molar-refractivity contribution is 0.448. The van der Waals surface area contributed by atoms with Crippen molar-refractivity contribution in [2.45, 2.75) is 6.42 Å². The fourth-order valence-corrected chi connectivity index (χ4v) is 2.36. The molecule has 0 bridgehead atoms. The van der Waals surface area contributed by atoms with Crippen molar-refractivity contribution in [3.63, 3.8) is 0 Å². The summed E-state index contributed by atoms with van der Waals surface area (Å²) in [5, 5.41) is 19.9. The zero-order valence-electron chi connectivity index (χ0n) is 11.7. The van der Waals surface area contributed by atoms with Crippen LogP contribution in [0, 0.1) is 0 Å². The van der Waals surface area contributed by atoms with E-state index in [9.17, 15) is 15.0 Å². The number of benzene rings is 2. The molecule has 22 heavy (non-hydrogen) atoms. The highest BCUT2D eigenvalue weighted by Crippen LogP contribution is 2.33. The van der Waals surface area contributed by atoms with Crippen LogP contribution in [-0.2, 0) is 6.42 Å². The van der Waals surface area contributed by atoms with Gasteiger partial charge < -0.3 is 14.6 Å². The topological polar surface area (TPSA) is 70.7 Å². The summed E-state index contributed by atoms with van der Waals surface area (Å²) in [6, 6.07) is 12.1. The Balaban J connectivity index is 2.02. The summed E-state index contributed by atoms with van der Waals surface area (Å²) < 4.78 is 5.33. The van der Waals surface area contributed by atoms with Crippen LogP contribution in [0.25, 0.3) is 17.0 Å². The molecule has 4 nitrogen and oxygen atoms in total. The Labute approximate surface area is 126 Å². The summed E-state index contributed by atoms with van der Waals surface area (Å²) in [7, 11) is 0. The van der Waals surface area contributed by atoms with E-state index in [1.54, 1.807) is 0 Å². The van der Waals surface area contributed by atoms with Crippen molar-refractivity contribution in [3.05, 3.63) is 76.2 Å². The SMILES string of the molecule is O=c1ccoc2c(C/C=C/c3ccccc3)c(O)cc(O)c12. The molecule has 3 aromatic rings. The number of allylic oxidation sites excluding steroid dienone is 1. The molecule has 0 aliphatic heterocycles. The third-order valence-electron chi connectivity index (χ3n) is 3.42. The van der Waals surface area contributed by atoms with Crippen molar-refractivity contribution in [2.75, 3.05) is 0 Å². The highest BCUT2D eigenvalue weighted by atomic mass is 16.3. The van der Waals surface area contributed by atoms with E-state index in [0.717, 1.165) is 5.56 Å². The van der Waals surface area contributed by atoms with E-state index in [0.29, 0.717) is 12.0 Å². The van der Waals surface area contributed by atoms with E-state index < -0.39 is 0 Å². The zero-order chi connectivity index (χ0) is 15.5. The number of hydrogen-bond donors (Lipinski definition) is 2. The molecule has 110 valence electrons. The van der Waals surface area contributed by atoms with Gasteiger partial charge in [-0.15, -0.1) is 0 Å². The quantitative estimate of drug-likeness (QED) is 0.776. The van der Waals surface area contributed by atoms with Gasteiger partial charge in [0.25, 0.3) is 0 Å². The Bertz CT molecular complexity index is 892. The van der Waals surface area contributed by atoms with Gasteiger partial charge in [0.1, 0.15) is 22.5 Å². The Kier molecular flexibility index (Phi) is 3.66. The van der Waals surface area contributed by atoms with Crippen LogP contribution >= 0.6 is 0 Å². The van der Waals surface area contributed by atoms with Crippen LogP contribution in [0.15, 0.2) is 64.0 Å². The third kappa shape index (κ3) is 2.59. The molecule has 1 heterocycles. The lowest BCUT2D eigenvalue weighted by Gasteiger charge is -2.07. The summed E-state index contributed by atoms with van der Waals surface area (Å²) in [6.07, 6.45) is 5.42. The summed E-state index contributed by atoms with van der Waals surface area (Å²) >= 11 is 0. The molecule has 0 fully saturated rings. The second-order valence-electron chi connectivity index (χ2n) is 4.90. The van der Waals surface area contributed by atoms with E-state index >= 15 is 0 Å². The molecule has 0 unspecified atom stereocenters. The smallest absolute Gasteiger partial charge is 0.196 e. The summed E-state index contributed by atoms with van der Waals surface area (Å²) in [4.78, 5) is 11.8. The maximum atomic E-state index is 11.8. The van der Waals surface area contributed by atoms with E-state index in [4.69, 9.17) is 4.42 Å². The fraction of sp³-hybridized carbons (Fsp3) is 0.0556. The maximum absolute atomic E-state index is 11.8. The van der Waals surface area contributed by atoms with Gasteiger partial charge in [-0.05, 0) is 12.0 Å². The fourth-order valence-electron chi connectivity index (χ4n) is 2.36. The average Bonchev–Trinajstić information content (AvgIpc) is 2.51. The van der Waals surface area contributed by atoms with Crippen molar-refractivity contribution in [2.24, 2.45) is 0 Å². The molecule has 2 N–H and O–H groups in total. The van der Waals surface area contributed by atoms with E-state index in [1.807, 2.05) is 42.5 Å². The van der Waals surface area contributed by atoms with Crippen molar-refractivity contribution < 1.29 is 14.6 Å². The lowest BCUT2D eigenvalue weighted by atomic mass is 10.0. The maximum Gasteiger partial charge on any atom is 0.196 e. The standard InChI is InChI=1S/C18H14O4/c19-14-9-10-22-18-13(15(20)11-16(21)17(14)18)8-4-7-12-5-2-1-3-6-12/h1-7,9-11,20-21H,8H2/b7-4+. The van der Waals surface area contributed by atoms with Gasteiger partial charge in [0, 0.05) is 17.7 Å². The van der Waals surface area contributed by atoms with Crippen LogP contribution in [0.3, 0.4) is 0 Å². The highest BCUT2D eigenvalue weighted by molar-refractivity contribution is 5.88. The Morgan fingerprint density at radius 2 is 1.82 bits per heavy atom. The first kappa shape index (κ1) is 13.9. The van der Waals surface area contributed by atoms with E-state index in [-0.39, 0.29) is 27.9 Å². The number of phenolic OH excluding ortho intramolecular Hbond substituents is 2. The van der Waals surface area contributed by atoms with E-state index in [1.165, 1.54) is 18.4 Å². The van der Waals surface area contributed by atoms with Gasteiger partial charge in [0.15, 0.2) is 5.43 Å². The number of phenols is 2. The normalized spacial score (nSPS) is 11.3. The molecular formula is C18H14O4. The van der Waals surface area contributed by atoms with Crippen LogP contribution in [0.2, 0.25) is 0 Å². The number of fused-ring (bicyclic) bond motifs is 1. The van der Waals surface area contributed by atoms with Crippen molar-refractivity contribution in [3.8, 4) is 11.5 Å². The molecule has 0 spiro atoms. The van der Waals surface area contributed by atoms with Gasteiger partial charge in [0.05, 0.1) is 6.26 Å². The Morgan fingerprint density at radius 3 is 2.59 bits per heavy atom. The average molecular weight is 294 g/mol. The van der Waals surface area contributed by atoms with Gasteiger partial charge in [-0.2, -0.15) is 0 Å². The van der Waals surface area contributed by atoms with Gasteiger partial charge in [0.2, 0.25) is 0 Å². The van der Waals surface area contributed by atoms with Crippen LogP contribution < -0.4 is 5.43 Å². The highest BCUT2D eigenvalue weighted by Gasteiger charge is 2.14. The number of hydrogen-bond acceptors (Lipinski definition) is 4. The molecule has 1 aromatic heterocycles. The lowest BCUT2D eigenvalue weighted by Crippen LogP contribution is -2.00. The largest absolute Gasteiger partial charge is 0.507 e. The molecule has 0 saturated carbocycles. The minimum absolute atomic E-state index is 0.0865. The molecule has 0 atom stereocenters. The first-order valence-electron chi connectivity index (χ1n) is 6.84. The molecular weight excluding hydrogens is 280 g/mol. The Morgan fingerprint density at radius 1 is 1.05 bits per heavy atom. The predicted octanol–water partition coefficient (Wildman–Crippen LogP) is 3.46. The summed E-state index contributed by atoms with van der Waals surface area (Å²) in [5.74, 6) is -0.380. The summed E-state index contributed by atoms with van der Waals surface area (Å²) in [5.41, 5.74) is 1.37. The molecule has 0 radical (unpaired) electrons. The van der Waals surface area contributed by atoms with Crippen LogP contribution in [0.5, 0.6) is 11.5 Å². The molecule has 0 aliphatic rings. The first-order valence-corrected chi connectivity index (χ1v) is 6.84. The molecule has 0 amide bonds. The van der Waals surface area contributed by atoms with Gasteiger partial charge in [-0.1, -0.05) is 42.5 Å². The molecule has 0 aliphatic carbocycles. The molecule has 3 rings (SSSR count). The van der Waals surface area contributed by atoms with Crippen LogP contribution in [-0.4, -0.2) is 10.2 Å². The second kappa shape index (κ2) is 5.77. The molecule has 2 aromatic carbocycles. The minimum atomic E-state index is -0.341. The van der Waals surface area contributed by atoms with Crippen molar-refractivity contribution >= 4 is 17.0 Å². The van der Waals surface area contributed by atoms with E-state index in [2.05, 4.69) is 0 Å². The first-order chi connectivity index (χ1) is 10.7. The van der Waals surface area contributed by atoms with Crippen molar-refractivity contribution in [1.82, 2.24) is 0 Å². The third-order valence-corrected chi connectivity index (χ3v) is 3.42. The minimum Gasteiger partial charge on any atom is -0.507 e. The monoisotopic (exact) mass is 294 g/mol. The molecule has 0 saturated heterocycles. The van der Waals surface area contributed by atoms with Gasteiger partial charge in [-0.3, -0.25) is 4.79 Å². The van der Waals surface area contributed by atoms with Crippen LogP contribution in [0.4, 0.5) is 0 Å². The predicted molar refractivity (Wildman–Crippen MR) is 85.0 cm³/mol. The van der Waals surface area contributed by atoms with Crippen LogP contribution in [0.1, 0.15) is 11.1 Å². The second-order valence-corrected chi connectivity index (χ2v) is 4.90. The molecule has 4 heteroatoms. The van der Waals surface area contributed by atoms with Crippen molar-refractivity contribution in [1.29, 1.82) is 0 Å². The van der Waals surface area contributed by atoms with Gasteiger partial charge >= 0.3 is 0 Å². The number of aromatic hydroxyl groups is 2. The zero-order valence-corrected chi connectivity index (χ0v) is 11.7.